The highest BCUT2D eigenvalue weighted by Gasteiger charge is 2.35. The molecule has 1 aliphatic rings. The molecule has 0 amide bonds. The summed E-state index contributed by atoms with van der Waals surface area (Å²) in [7, 11) is 2.05. The molecule has 0 unspecified atom stereocenters. The molecule has 5 heteroatoms. The number of carbonyl (C=O) groups is 1. The van der Waals surface area contributed by atoms with Crippen LogP contribution >= 0.6 is 22.6 Å². The van der Waals surface area contributed by atoms with Gasteiger partial charge < -0.3 is 8.83 Å². The number of benzene rings is 4. The molecule has 0 saturated carbocycles. The third kappa shape index (κ3) is 1.89. The van der Waals surface area contributed by atoms with Gasteiger partial charge in [0.2, 0.25) is 0 Å². The topological polar surface area (TPSA) is 43.4 Å². The van der Waals surface area contributed by atoms with Crippen molar-refractivity contribution in [1.82, 2.24) is 0 Å². The summed E-state index contributed by atoms with van der Waals surface area (Å²) in [6.45, 7) is 0. The molecule has 0 atom stereocenters. The van der Waals surface area contributed by atoms with Gasteiger partial charge in [-0.2, -0.15) is 0 Å². The van der Waals surface area contributed by atoms with Crippen molar-refractivity contribution in [3.8, 4) is 11.1 Å². The second-order valence-electron chi connectivity index (χ2n) is 7.83. The molecule has 0 aliphatic heterocycles. The van der Waals surface area contributed by atoms with Crippen LogP contribution in [-0.4, -0.2) is 13.6 Å². The Kier molecular flexibility index (Phi) is 3.09. The van der Waals surface area contributed by atoms with Crippen LogP contribution in [0.2, 0.25) is 0 Å². The summed E-state index contributed by atoms with van der Waals surface area (Å²) < 4.78 is 13.5. The Morgan fingerprint density at radius 3 is 2.07 bits per heavy atom. The van der Waals surface area contributed by atoms with Gasteiger partial charge in [0.05, 0.1) is 3.57 Å². The SMILES string of the molecule is Bc1cc2c(c3oc4ccccc4c13)-c1c(cc(I)c3oc4ccccc4c13)C2=O. The number of halogens is 1. The lowest BCUT2D eigenvalue weighted by Crippen LogP contribution is -2.07. The van der Waals surface area contributed by atoms with Gasteiger partial charge in [0, 0.05) is 43.8 Å². The van der Waals surface area contributed by atoms with E-state index in [2.05, 4.69) is 34.7 Å². The molecule has 3 nitrogen and oxygen atoms in total. The lowest BCUT2D eigenvalue weighted by molar-refractivity contribution is 0.104. The fraction of sp³-hybridized carbons (Fsp3) is 0. The Morgan fingerprint density at radius 1 is 0.733 bits per heavy atom. The smallest absolute Gasteiger partial charge is 0.194 e. The first-order valence-corrected chi connectivity index (χ1v) is 10.8. The number of hydrogen-bond acceptors (Lipinski definition) is 3. The molecule has 2 heterocycles. The van der Waals surface area contributed by atoms with Crippen LogP contribution in [0.25, 0.3) is 55.0 Å². The van der Waals surface area contributed by atoms with Crippen molar-refractivity contribution in [2.24, 2.45) is 0 Å². The van der Waals surface area contributed by atoms with E-state index in [4.69, 9.17) is 8.83 Å². The van der Waals surface area contributed by atoms with Gasteiger partial charge in [-0.25, -0.2) is 0 Å². The van der Waals surface area contributed by atoms with Crippen molar-refractivity contribution >= 4 is 85.6 Å². The van der Waals surface area contributed by atoms with E-state index in [1.165, 1.54) is 0 Å². The predicted octanol–water partition coefficient (Wildman–Crippen LogP) is 5.56. The van der Waals surface area contributed by atoms with E-state index in [1.807, 2.05) is 56.4 Å². The van der Waals surface area contributed by atoms with Gasteiger partial charge in [-0.05, 0) is 40.8 Å². The first-order chi connectivity index (χ1) is 14.6. The average molecular weight is 498 g/mol. The summed E-state index contributed by atoms with van der Waals surface area (Å²) in [4.78, 5) is 13.5. The minimum Gasteiger partial charge on any atom is -0.455 e. The monoisotopic (exact) mass is 498 g/mol. The largest absolute Gasteiger partial charge is 0.455 e. The molecule has 4 aromatic carbocycles. The zero-order valence-corrected chi connectivity index (χ0v) is 18.0. The summed E-state index contributed by atoms with van der Waals surface area (Å²) in [6, 6.07) is 20.0. The van der Waals surface area contributed by atoms with Gasteiger partial charge >= 0.3 is 0 Å². The van der Waals surface area contributed by atoms with Gasteiger partial charge in [0.1, 0.15) is 30.2 Å². The molecule has 0 radical (unpaired) electrons. The summed E-state index contributed by atoms with van der Waals surface area (Å²) in [5.41, 5.74) is 7.57. The summed E-state index contributed by atoms with van der Waals surface area (Å²) in [6.07, 6.45) is 0. The van der Waals surface area contributed by atoms with Crippen LogP contribution < -0.4 is 5.46 Å². The molecule has 30 heavy (non-hydrogen) atoms. The van der Waals surface area contributed by atoms with Gasteiger partial charge in [0.25, 0.3) is 0 Å². The van der Waals surface area contributed by atoms with E-state index >= 15 is 0 Å². The third-order valence-electron chi connectivity index (χ3n) is 6.19. The highest BCUT2D eigenvalue weighted by molar-refractivity contribution is 14.1. The quantitative estimate of drug-likeness (QED) is 0.203. The van der Waals surface area contributed by atoms with Crippen molar-refractivity contribution in [1.29, 1.82) is 0 Å². The number of ketones is 1. The van der Waals surface area contributed by atoms with Crippen molar-refractivity contribution in [3.05, 3.63) is 75.4 Å². The van der Waals surface area contributed by atoms with Gasteiger partial charge in [0.15, 0.2) is 5.78 Å². The van der Waals surface area contributed by atoms with E-state index < -0.39 is 0 Å². The van der Waals surface area contributed by atoms with Crippen molar-refractivity contribution in [3.63, 3.8) is 0 Å². The summed E-state index contributed by atoms with van der Waals surface area (Å²) in [5.74, 6) is 0.0514. The maximum absolute atomic E-state index is 13.5. The van der Waals surface area contributed by atoms with Crippen LogP contribution in [0.15, 0.2) is 69.5 Å². The Morgan fingerprint density at radius 2 is 1.33 bits per heavy atom. The Bertz CT molecular complexity index is 1740. The minimum atomic E-state index is 0.0514. The van der Waals surface area contributed by atoms with E-state index in [0.717, 1.165) is 69.6 Å². The van der Waals surface area contributed by atoms with Crippen LogP contribution in [0.5, 0.6) is 0 Å². The number of rotatable bonds is 0. The first kappa shape index (κ1) is 16.7. The second-order valence-corrected chi connectivity index (χ2v) is 8.99. The van der Waals surface area contributed by atoms with Crippen molar-refractivity contribution < 1.29 is 13.6 Å². The third-order valence-corrected chi connectivity index (χ3v) is 6.99. The summed E-state index contributed by atoms with van der Waals surface area (Å²) in [5, 5.41) is 4.16. The van der Waals surface area contributed by atoms with E-state index in [1.54, 1.807) is 0 Å². The van der Waals surface area contributed by atoms with Crippen LogP contribution in [0.1, 0.15) is 15.9 Å². The van der Waals surface area contributed by atoms with Crippen molar-refractivity contribution in [2.45, 2.75) is 0 Å². The lowest BCUT2D eigenvalue weighted by atomic mass is 9.86. The fourth-order valence-corrected chi connectivity index (χ4v) is 5.66. The van der Waals surface area contributed by atoms with Crippen LogP contribution in [-0.2, 0) is 0 Å². The van der Waals surface area contributed by atoms with E-state index in [9.17, 15) is 4.79 Å². The number of carbonyl (C=O) groups excluding carboxylic acids is 1. The Balaban J connectivity index is 1.77. The van der Waals surface area contributed by atoms with E-state index in [-0.39, 0.29) is 5.78 Å². The van der Waals surface area contributed by atoms with E-state index in [0.29, 0.717) is 5.56 Å². The first-order valence-electron chi connectivity index (χ1n) is 9.77. The number of hydrogen-bond donors (Lipinski definition) is 0. The molecule has 7 rings (SSSR count). The molecule has 0 fully saturated rings. The van der Waals surface area contributed by atoms with Crippen LogP contribution in [0, 0.1) is 3.57 Å². The molecular weight excluding hydrogens is 486 g/mol. The van der Waals surface area contributed by atoms with Gasteiger partial charge in [-0.15, -0.1) is 0 Å². The molecule has 0 spiro atoms. The molecule has 0 N–H and O–H groups in total. The highest BCUT2D eigenvalue weighted by Crippen LogP contribution is 2.49. The zero-order valence-electron chi connectivity index (χ0n) is 15.9. The standard InChI is InChI=1S/C25H12BIO3/c26-15-9-13-22(25-19(15)11-5-1-3-7-17(11)30-25)20-14(23(13)28)10-16(27)24-21(20)12-6-2-4-8-18(12)29-24/h1-10H,26H2. The predicted molar refractivity (Wildman–Crippen MR) is 131 cm³/mol. The molecule has 1 aliphatic carbocycles. The average Bonchev–Trinajstić information content (AvgIpc) is 3.40. The Hall–Kier alpha value is -3.06. The normalized spacial score (nSPS) is 13.0. The molecule has 6 aromatic rings. The summed E-state index contributed by atoms with van der Waals surface area (Å²) >= 11 is 2.26. The second kappa shape index (κ2) is 5.55. The zero-order chi connectivity index (χ0) is 20.1. The van der Waals surface area contributed by atoms with Gasteiger partial charge in [-0.1, -0.05) is 47.9 Å². The fourth-order valence-electron chi connectivity index (χ4n) is 4.97. The molecule has 0 bridgehead atoms. The van der Waals surface area contributed by atoms with Crippen molar-refractivity contribution in [2.75, 3.05) is 0 Å². The maximum Gasteiger partial charge on any atom is 0.194 e. The number of furan rings is 2. The van der Waals surface area contributed by atoms with Crippen LogP contribution in [0.3, 0.4) is 0 Å². The van der Waals surface area contributed by atoms with Crippen LogP contribution in [0.4, 0.5) is 0 Å². The minimum absolute atomic E-state index is 0.0514. The Labute approximate surface area is 185 Å². The molecular formula is C25H12BIO3. The lowest BCUT2D eigenvalue weighted by Gasteiger charge is -2.06. The molecule has 0 saturated heterocycles. The number of para-hydroxylation sites is 2. The molecule has 2 aromatic heterocycles. The highest BCUT2D eigenvalue weighted by atomic mass is 127. The van der Waals surface area contributed by atoms with Gasteiger partial charge in [-0.3, -0.25) is 4.79 Å². The number of fused-ring (bicyclic) bond motifs is 11. The molecule has 140 valence electrons. The maximum atomic E-state index is 13.5.